The van der Waals surface area contributed by atoms with Crippen LogP contribution in [0.15, 0.2) is 54.7 Å². The Morgan fingerprint density at radius 3 is 2.73 bits per heavy atom. The van der Waals surface area contributed by atoms with Crippen molar-refractivity contribution in [2.45, 2.75) is 6.42 Å². The molecule has 4 rings (SSSR count). The highest BCUT2D eigenvalue weighted by Gasteiger charge is 2.19. The van der Waals surface area contributed by atoms with Crippen molar-refractivity contribution in [2.75, 3.05) is 18.4 Å². The molecule has 2 aromatic carbocycles. The molecule has 0 unspecified atom stereocenters. The Kier molecular flexibility index (Phi) is 4.62. The average molecular weight is 386 g/mol. The van der Waals surface area contributed by atoms with Gasteiger partial charge in [-0.25, -0.2) is 4.79 Å². The molecule has 2 amide bonds. The van der Waals surface area contributed by atoms with Crippen molar-refractivity contribution < 1.29 is 4.79 Å². The minimum absolute atomic E-state index is 0.141. The lowest BCUT2D eigenvalue weighted by Crippen LogP contribution is -2.37. The first-order chi connectivity index (χ1) is 12.6. The Balaban J connectivity index is 1.46. The summed E-state index contributed by atoms with van der Waals surface area (Å²) in [6.07, 6.45) is 4.98. The monoisotopic (exact) mass is 385 g/mol. The van der Waals surface area contributed by atoms with E-state index in [0.717, 1.165) is 11.9 Å². The highest BCUT2D eigenvalue weighted by Crippen LogP contribution is 2.29. The van der Waals surface area contributed by atoms with Crippen LogP contribution in [-0.4, -0.2) is 29.0 Å². The fraction of sp³-hybridized carbons (Fsp3) is 0.150. The van der Waals surface area contributed by atoms with Gasteiger partial charge < -0.3 is 15.2 Å². The Hall–Kier alpha value is -2.43. The lowest BCUT2D eigenvalue weighted by Gasteiger charge is -2.26. The standard InChI is InChI=1S/C20H17Cl2N3O/c21-17-6-5-14(11-18(17)22)24-20(26)25-9-7-13(8-10-25)16-12-23-19-4-2-1-3-15(16)19/h1-7,11-12,23H,8-10H2,(H,24,26). The summed E-state index contributed by atoms with van der Waals surface area (Å²) in [5, 5.41) is 4.97. The second-order valence-corrected chi connectivity index (χ2v) is 7.05. The number of aromatic amines is 1. The summed E-state index contributed by atoms with van der Waals surface area (Å²) in [6.45, 7) is 1.24. The number of urea groups is 1. The molecule has 0 fully saturated rings. The van der Waals surface area contributed by atoms with Gasteiger partial charge in [-0.1, -0.05) is 47.5 Å². The number of nitrogens with zero attached hydrogens (tertiary/aromatic N) is 1. The van der Waals surface area contributed by atoms with Gasteiger partial charge in [-0.3, -0.25) is 0 Å². The predicted molar refractivity (Wildman–Crippen MR) is 108 cm³/mol. The topological polar surface area (TPSA) is 48.1 Å². The SMILES string of the molecule is O=C(Nc1ccc(Cl)c(Cl)c1)N1CC=C(c2c[nH]c3ccccc23)CC1. The lowest BCUT2D eigenvalue weighted by atomic mass is 9.99. The number of rotatable bonds is 2. The minimum Gasteiger partial charge on any atom is -0.361 e. The van der Waals surface area contributed by atoms with E-state index in [9.17, 15) is 4.79 Å². The number of hydrogen-bond acceptors (Lipinski definition) is 1. The Bertz CT molecular complexity index is 1010. The Labute approximate surface area is 161 Å². The summed E-state index contributed by atoms with van der Waals surface area (Å²) in [5.74, 6) is 0. The van der Waals surface area contributed by atoms with Gasteiger partial charge in [-0.2, -0.15) is 0 Å². The number of para-hydroxylation sites is 1. The van der Waals surface area contributed by atoms with Crippen molar-refractivity contribution in [1.29, 1.82) is 0 Å². The fourth-order valence-electron chi connectivity index (χ4n) is 3.21. The van der Waals surface area contributed by atoms with Crippen LogP contribution >= 0.6 is 23.2 Å². The van der Waals surface area contributed by atoms with Crippen LogP contribution in [0.3, 0.4) is 0 Å². The highest BCUT2D eigenvalue weighted by atomic mass is 35.5. The van der Waals surface area contributed by atoms with Gasteiger partial charge in [0, 0.05) is 41.4 Å². The summed E-state index contributed by atoms with van der Waals surface area (Å²) < 4.78 is 0. The van der Waals surface area contributed by atoms with E-state index < -0.39 is 0 Å². The van der Waals surface area contributed by atoms with Crippen molar-refractivity contribution >= 4 is 51.4 Å². The first-order valence-corrected chi connectivity index (χ1v) is 9.14. The van der Waals surface area contributed by atoms with Gasteiger partial charge in [0.05, 0.1) is 10.0 Å². The molecule has 0 atom stereocenters. The van der Waals surface area contributed by atoms with E-state index in [2.05, 4.69) is 28.5 Å². The third-order valence-electron chi connectivity index (χ3n) is 4.60. The maximum Gasteiger partial charge on any atom is 0.322 e. The lowest BCUT2D eigenvalue weighted by molar-refractivity contribution is 0.217. The number of anilines is 1. The third kappa shape index (κ3) is 3.30. The van der Waals surface area contributed by atoms with Crippen LogP contribution in [0, 0.1) is 0 Å². The Morgan fingerprint density at radius 2 is 1.96 bits per heavy atom. The molecule has 26 heavy (non-hydrogen) atoms. The zero-order chi connectivity index (χ0) is 18.1. The van der Waals surface area contributed by atoms with Gasteiger partial charge in [0.2, 0.25) is 0 Å². The first kappa shape index (κ1) is 17.0. The molecular formula is C20H17Cl2N3O. The van der Waals surface area contributed by atoms with Crippen LogP contribution in [0.25, 0.3) is 16.5 Å². The van der Waals surface area contributed by atoms with Gasteiger partial charge in [-0.05, 0) is 36.3 Å². The molecule has 2 heterocycles. The van der Waals surface area contributed by atoms with Gasteiger partial charge in [0.15, 0.2) is 0 Å². The number of H-pyrrole nitrogens is 1. The first-order valence-electron chi connectivity index (χ1n) is 8.38. The van der Waals surface area contributed by atoms with E-state index >= 15 is 0 Å². The summed E-state index contributed by atoms with van der Waals surface area (Å²) in [6, 6.07) is 13.2. The second-order valence-electron chi connectivity index (χ2n) is 6.23. The quantitative estimate of drug-likeness (QED) is 0.575. The summed E-state index contributed by atoms with van der Waals surface area (Å²) in [7, 11) is 0. The number of benzene rings is 2. The summed E-state index contributed by atoms with van der Waals surface area (Å²) in [5.41, 5.74) is 4.24. The van der Waals surface area contributed by atoms with Crippen molar-refractivity contribution in [3.63, 3.8) is 0 Å². The van der Waals surface area contributed by atoms with Crippen molar-refractivity contribution in [3.05, 3.63) is 70.3 Å². The molecule has 0 aliphatic carbocycles. The van der Waals surface area contributed by atoms with Crippen LogP contribution < -0.4 is 5.32 Å². The number of aromatic nitrogens is 1. The largest absolute Gasteiger partial charge is 0.361 e. The maximum absolute atomic E-state index is 12.5. The molecule has 3 aromatic rings. The molecule has 0 saturated heterocycles. The van der Waals surface area contributed by atoms with E-state index in [0.29, 0.717) is 28.8 Å². The minimum atomic E-state index is -0.141. The molecule has 1 aliphatic rings. The Morgan fingerprint density at radius 1 is 1.12 bits per heavy atom. The van der Waals surface area contributed by atoms with E-state index in [1.807, 2.05) is 18.3 Å². The van der Waals surface area contributed by atoms with Gasteiger partial charge >= 0.3 is 6.03 Å². The number of carbonyl (C=O) groups is 1. The van der Waals surface area contributed by atoms with Gasteiger partial charge in [0.1, 0.15) is 0 Å². The summed E-state index contributed by atoms with van der Waals surface area (Å²) in [4.78, 5) is 17.6. The molecule has 4 nitrogen and oxygen atoms in total. The number of halogens is 2. The molecule has 132 valence electrons. The van der Waals surface area contributed by atoms with Crippen LogP contribution in [0.5, 0.6) is 0 Å². The molecule has 1 aromatic heterocycles. The molecule has 0 spiro atoms. The maximum atomic E-state index is 12.5. The van der Waals surface area contributed by atoms with Crippen molar-refractivity contribution in [1.82, 2.24) is 9.88 Å². The van der Waals surface area contributed by atoms with Crippen LogP contribution in [0.1, 0.15) is 12.0 Å². The molecule has 2 N–H and O–H groups in total. The van der Waals surface area contributed by atoms with E-state index in [4.69, 9.17) is 23.2 Å². The van der Waals surface area contributed by atoms with Crippen LogP contribution in [0.2, 0.25) is 10.0 Å². The number of fused-ring (bicyclic) bond motifs is 1. The molecule has 0 bridgehead atoms. The molecule has 1 aliphatic heterocycles. The number of carbonyl (C=O) groups excluding carboxylic acids is 1. The van der Waals surface area contributed by atoms with Gasteiger partial charge in [0.25, 0.3) is 0 Å². The van der Waals surface area contributed by atoms with Crippen molar-refractivity contribution in [3.8, 4) is 0 Å². The number of amides is 2. The van der Waals surface area contributed by atoms with Crippen LogP contribution in [-0.2, 0) is 0 Å². The third-order valence-corrected chi connectivity index (χ3v) is 5.34. The normalized spacial score (nSPS) is 14.4. The van der Waals surface area contributed by atoms with Crippen LogP contribution in [0.4, 0.5) is 10.5 Å². The van der Waals surface area contributed by atoms with E-state index in [1.54, 1.807) is 23.1 Å². The molecule has 0 radical (unpaired) electrons. The summed E-state index contributed by atoms with van der Waals surface area (Å²) >= 11 is 11.9. The zero-order valence-corrected chi connectivity index (χ0v) is 15.4. The predicted octanol–water partition coefficient (Wildman–Crippen LogP) is 5.80. The van der Waals surface area contributed by atoms with E-state index in [1.165, 1.54) is 16.5 Å². The highest BCUT2D eigenvalue weighted by molar-refractivity contribution is 6.42. The number of hydrogen-bond donors (Lipinski definition) is 2. The van der Waals surface area contributed by atoms with E-state index in [-0.39, 0.29) is 6.03 Å². The number of nitrogens with one attached hydrogen (secondary N) is 2. The van der Waals surface area contributed by atoms with Gasteiger partial charge in [-0.15, -0.1) is 0 Å². The average Bonchev–Trinajstić information content (AvgIpc) is 3.09. The van der Waals surface area contributed by atoms with Crippen molar-refractivity contribution in [2.24, 2.45) is 0 Å². The fourth-order valence-corrected chi connectivity index (χ4v) is 3.51. The zero-order valence-electron chi connectivity index (χ0n) is 13.9. The molecule has 6 heteroatoms. The molecular weight excluding hydrogens is 369 g/mol. The smallest absolute Gasteiger partial charge is 0.322 e. The molecule has 0 saturated carbocycles. The second kappa shape index (κ2) is 7.06.